The van der Waals surface area contributed by atoms with Gasteiger partial charge in [0.05, 0.1) is 0 Å². The van der Waals surface area contributed by atoms with Crippen molar-refractivity contribution in [3.8, 4) is 0 Å². The van der Waals surface area contributed by atoms with Gasteiger partial charge in [0.25, 0.3) is 0 Å². The molecule has 0 bridgehead atoms. The maximum atomic E-state index is 4.62. The lowest BCUT2D eigenvalue weighted by Gasteiger charge is -2.03. The number of pyridine rings is 1. The van der Waals surface area contributed by atoms with Gasteiger partial charge in [0.15, 0.2) is 0 Å². The SMILES string of the molecule is Cc1cc(C)c2ccn(C3CC3)c2n1. The smallest absolute Gasteiger partial charge is 0.140 e. The summed E-state index contributed by atoms with van der Waals surface area (Å²) in [6.45, 7) is 4.23. The van der Waals surface area contributed by atoms with Crippen LogP contribution >= 0.6 is 0 Å². The third-order valence-corrected chi connectivity index (χ3v) is 2.96. The molecule has 2 heteroatoms. The van der Waals surface area contributed by atoms with Crippen LogP contribution in [0.4, 0.5) is 0 Å². The highest BCUT2D eigenvalue weighted by atomic mass is 15.1. The summed E-state index contributed by atoms with van der Waals surface area (Å²) in [4.78, 5) is 4.62. The molecule has 2 aromatic heterocycles. The van der Waals surface area contributed by atoms with E-state index in [-0.39, 0.29) is 0 Å². The molecule has 72 valence electrons. The number of hydrogen-bond donors (Lipinski definition) is 0. The van der Waals surface area contributed by atoms with E-state index in [1.54, 1.807) is 0 Å². The van der Waals surface area contributed by atoms with E-state index in [0.717, 1.165) is 11.7 Å². The predicted molar refractivity (Wildman–Crippen MR) is 57.5 cm³/mol. The molecule has 2 nitrogen and oxygen atoms in total. The van der Waals surface area contributed by atoms with Gasteiger partial charge >= 0.3 is 0 Å². The molecule has 1 aliphatic carbocycles. The second-order valence-corrected chi connectivity index (χ2v) is 4.27. The molecule has 0 aromatic carbocycles. The van der Waals surface area contributed by atoms with E-state index in [0.29, 0.717) is 0 Å². The molecule has 1 saturated carbocycles. The lowest BCUT2D eigenvalue weighted by Crippen LogP contribution is -1.95. The Hall–Kier alpha value is -1.31. The number of aryl methyl sites for hydroxylation is 2. The quantitative estimate of drug-likeness (QED) is 0.669. The number of fused-ring (bicyclic) bond motifs is 1. The van der Waals surface area contributed by atoms with Crippen LogP contribution in [0, 0.1) is 13.8 Å². The standard InChI is InChI=1S/C12H14N2/c1-8-7-9(2)13-12-11(8)5-6-14(12)10-3-4-10/h5-7,10H,3-4H2,1-2H3. The zero-order valence-corrected chi connectivity index (χ0v) is 8.62. The van der Waals surface area contributed by atoms with E-state index < -0.39 is 0 Å². The van der Waals surface area contributed by atoms with Gasteiger partial charge in [-0.2, -0.15) is 0 Å². The van der Waals surface area contributed by atoms with Gasteiger partial charge in [0.2, 0.25) is 0 Å². The number of nitrogens with zero attached hydrogens (tertiary/aromatic N) is 2. The van der Waals surface area contributed by atoms with Gasteiger partial charge in [-0.1, -0.05) is 0 Å². The molecule has 0 radical (unpaired) electrons. The van der Waals surface area contributed by atoms with E-state index in [1.807, 2.05) is 0 Å². The maximum absolute atomic E-state index is 4.62. The average molecular weight is 186 g/mol. The molecule has 2 aromatic rings. The highest BCUT2D eigenvalue weighted by Crippen LogP contribution is 2.37. The summed E-state index contributed by atoms with van der Waals surface area (Å²) >= 11 is 0. The van der Waals surface area contributed by atoms with Crippen molar-refractivity contribution >= 4 is 11.0 Å². The van der Waals surface area contributed by atoms with Crippen LogP contribution in [0.15, 0.2) is 18.3 Å². The Morgan fingerprint density at radius 1 is 1.36 bits per heavy atom. The summed E-state index contributed by atoms with van der Waals surface area (Å²) in [5.41, 5.74) is 3.63. The molecule has 3 rings (SSSR count). The molecule has 0 atom stereocenters. The fraction of sp³-hybridized carbons (Fsp3) is 0.417. The first-order valence-corrected chi connectivity index (χ1v) is 5.20. The Morgan fingerprint density at radius 3 is 2.86 bits per heavy atom. The molecule has 2 heterocycles. The molecule has 0 unspecified atom stereocenters. The van der Waals surface area contributed by atoms with Crippen molar-refractivity contribution in [3.05, 3.63) is 29.6 Å². The normalized spacial score (nSPS) is 16.4. The Balaban J connectivity index is 2.33. The van der Waals surface area contributed by atoms with Gasteiger partial charge in [-0.05, 0) is 44.4 Å². The van der Waals surface area contributed by atoms with E-state index in [4.69, 9.17) is 0 Å². The summed E-state index contributed by atoms with van der Waals surface area (Å²) in [6.07, 6.45) is 4.82. The molecule has 0 N–H and O–H groups in total. The van der Waals surface area contributed by atoms with Gasteiger partial charge in [-0.25, -0.2) is 4.98 Å². The fourth-order valence-corrected chi connectivity index (χ4v) is 2.10. The molecular weight excluding hydrogens is 172 g/mol. The topological polar surface area (TPSA) is 17.8 Å². The van der Waals surface area contributed by atoms with Crippen molar-refractivity contribution in [3.63, 3.8) is 0 Å². The van der Waals surface area contributed by atoms with E-state index in [9.17, 15) is 0 Å². The maximum Gasteiger partial charge on any atom is 0.140 e. The van der Waals surface area contributed by atoms with Crippen LogP contribution in [0.5, 0.6) is 0 Å². The monoisotopic (exact) mass is 186 g/mol. The molecule has 0 aliphatic heterocycles. The largest absolute Gasteiger partial charge is 0.329 e. The molecule has 1 aliphatic rings. The number of aromatic nitrogens is 2. The molecule has 1 fully saturated rings. The third kappa shape index (κ3) is 1.07. The zero-order chi connectivity index (χ0) is 9.71. The molecule has 0 spiro atoms. The summed E-state index contributed by atoms with van der Waals surface area (Å²) in [5.74, 6) is 0. The third-order valence-electron chi connectivity index (χ3n) is 2.96. The van der Waals surface area contributed by atoms with E-state index >= 15 is 0 Å². The fourth-order valence-electron chi connectivity index (χ4n) is 2.10. The van der Waals surface area contributed by atoms with Gasteiger partial charge in [0, 0.05) is 23.3 Å². The highest BCUT2D eigenvalue weighted by Gasteiger charge is 2.25. The van der Waals surface area contributed by atoms with Crippen LogP contribution in [0.3, 0.4) is 0 Å². The van der Waals surface area contributed by atoms with Crippen molar-refractivity contribution in [2.45, 2.75) is 32.7 Å². The van der Waals surface area contributed by atoms with Gasteiger partial charge < -0.3 is 4.57 Å². The Morgan fingerprint density at radius 2 is 2.14 bits per heavy atom. The van der Waals surface area contributed by atoms with Crippen LogP contribution in [0.25, 0.3) is 11.0 Å². The summed E-state index contributed by atoms with van der Waals surface area (Å²) in [6, 6.07) is 5.07. The Bertz CT molecular complexity index is 492. The number of rotatable bonds is 1. The van der Waals surface area contributed by atoms with Crippen LogP contribution in [-0.2, 0) is 0 Å². The van der Waals surface area contributed by atoms with Crippen LogP contribution in [-0.4, -0.2) is 9.55 Å². The van der Waals surface area contributed by atoms with Crippen molar-refractivity contribution in [2.24, 2.45) is 0 Å². The van der Waals surface area contributed by atoms with E-state index in [1.165, 1.54) is 29.4 Å². The van der Waals surface area contributed by atoms with Gasteiger partial charge in [-0.3, -0.25) is 0 Å². The van der Waals surface area contributed by atoms with E-state index in [2.05, 4.69) is 41.7 Å². The zero-order valence-electron chi connectivity index (χ0n) is 8.62. The second kappa shape index (κ2) is 2.59. The highest BCUT2D eigenvalue weighted by molar-refractivity contribution is 5.80. The molecule has 14 heavy (non-hydrogen) atoms. The summed E-state index contributed by atoms with van der Waals surface area (Å²) in [7, 11) is 0. The van der Waals surface area contributed by atoms with Crippen LogP contribution in [0.2, 0.25) is 0 Å². The van der Waals surface area contributed by atoms with Crippen molar-refractivity contribution in [1.29, 1.82) is 0 Å². The second-order valence-electron chi connectivity index (χ2n) is 4.27. The van der Waals surface area contributed by atoms with Crippen molar-refractivity contribution in [2.75, 3.05) is 0 Å². The lowest BCUT2D eigenvalue weighted by atomic mass is 10.2. The van der Waals surface area contributed by atoms with Crippen LogP contribution < -0.4 is 0 Å². The lowest BCUT2D eigenvalue weighted by molar-refractivity contribution is 0.765. The van der Waals surface area contributed by atoms with Gasteiger partial charge in [0.1, 0.15) is 5.65 Å². The molecular formula is C12H14N2. The minimum absolute atomic E-state index is 0.723. The predicted octanol–water partition coefficient (Wildman–Crippen LogP) is 2.99. The molecule has 0 saturated heterocycles. The van der Waals surface area contributed by atoms with Gasteiger partial charge in [-0.15, -0.1) is 0 Å². The Kier molecular flexibility index (Phi) is 1.49. The molecule has 0 amide bonds. The first kappa shape index (κ1) is 8.04. The first-order valence-electron chi connectivity index (χ1n) is 5.20. The summed E-state index contributed by atoms with van der Waals surface area (Å²) in [5, 5.41) is 1.31. The minimum Gasteiger partial charge on any atom is -0.329 e. The summed E-state index contributed by atoms with van der Waals surface area (Å²) < 4.78 is 2.33. The average Bonchev–Trinajstić information content (AvgIpc) is 2.87. The Labute approximate surface area is 83.6 Å². The minimum atomic E-state index is 0.723. The van der Waals surface area contributed by atoms with Crippen molar-refractivity contribution < 1.29 is 0 Å². The van der Waals surface area contributed by atoms with Crippen LogP contribution in [0.1, 0.15) is 30.1 Å². The number of hydrogen-bond acceptors (Lipinski definition) is 1. The first-order chi connectivity index (χ1) is 6.75. The van der Waals surface area contributed by atoms with Crippen molar-refractivity contribution in [1.82, 2.24) is 9.55 Å².